The van der Waals surface area contributed by atoms with E-state index in [1.165, 1.54) is 0 Å². The van der Waals surface area contributed by atoms with Gasteiger partial charge in [0.25, 0.3) is 0 Å². The first-order valence-electron chi connectivity index (χ1n) is 7.47. The van der Waals surface area contributed by atoms with Crippen molar-refractivity contribution in [1.29, 1.82) is 0 Å². The molecular weight excluding hydrogens is 272 g/mol. The molecule has 0 unspecified atom stereocenters. The van der Waals surface area contributed by atoms with Gasteiger partial charge in [0.1, 0.15) is 0 Å². The standard InChI is InChI=1S/C14H24N4O3/c1-17-7-4-14(3-2-11(17)19)5-8-18(9-6-14)12(20)10-16-13(15)21/h2-10H2,1H3,(H3,15,16,21). The van der Waals surface area contributed by atoms with Gasteiger partial charge in [-0.2, -0.15) is 0 Å². The molecule has 7 heteroatoms. The van der Waals surface area contributed by atoms with Crippen molar-refractivity contribution in [2.24, 2.45) is 11.1 Å². The van der Waals surface area contributed by atoms with Crippen LogP contribution in [0.1, 0.15) is 32.1 Å². The van der Waals surface area contributed by atoms with Crippen LogP contribution in [-0.2, 0) is 9.59 Å². The van der Waals surface area contributed by atoms with Gasteiger partial charge in [0.05, 0.1) is 6.54 Å². The molecule has 0 aromatic rings. The number of piperidine rings is 1. The van der Waals surface area contributed by atoms with Gasteiger partial charge in [-0.3, -0.25) is 9.59 Å². The maximum absolute atomic E-state index is 11.9. The number of nitrogens with two attached hydrogens (primary N) is 1. The largest absolute Gasteiger partial charge is 0.352 e. The Labute approximate surface area is 124 Å². The first-order chi connectivity index (χ1) is 9.92. The van der Waals surface area contributed by atoms with Crippen LogP contribution in [0, 0.1) is 5.41 Å². The van der Waals surface area contributed by atoms with Crippen LogP contribution in [0.25, 0.3) is 0 Å². The van der Waals surface area contributed by atoms with E-state index in [0.29, 0.717) is 19.5 Å². The predicted molar refractivity (Wildman–Crippen MR) is 77.3 cm³/mol. The van der Waals surface area contributed by atoms with Gasteiger partial charge in [-0.05, 0) is 31.1 Å². The average Bonchev–Trinajstić information content (AvgIpc) is 2.60. The van der Waals surface area contributed by atoms with Gasteiger partial charge in [-0.15, -0.1) is 0 Å². The lowest BCUT2D eigenvalue weighted by molar-refractivity contribution is -0.133. The smallest absolute Gasteiger partial charge is 0.312 e. The number of likely N-dealkylation sites (tertiary alicyclic amines) is 2. The van der Waals surface area contributed by atoms with Crippen LogP contribution < -0.4 is 11.1 Å². The Balaban J connectivity index is 1.86. The summed E-state index contributed by atoms with van der Waals surface area (Å²) in [7, 11) is 1.86. The minimum absolute atomic E-state index is 0.0381. The Morgan fingerprint density at radius 2 is 1.81 bits per heavy atom. The molecule has 0 aromatic heterocycles. The number of hydrogen-bond donors (Lipinski definition) is 2. The Morgan fingerprint density at radius 3 is 2.43 bits per heavy atom. The van der Waals surface area contributed by atoms with Gasteiger partial charge in [0, 0.05) is 33.1 Å². The molecule has 2 saturated heterocycles. The lowest BCUT2D eigenvalue weighted by atomic mass is 9.73. The number of hydrogen-bond acceptors (Lipinski definition) is 3. The number of rotatable bonds is 2. The van der Waals surface area contributed by atoms with E-state index in [1.54, 1.807) is 4.90 Å². The summed E-state index contributed by atoms with van der Waals surface area (Å²) in [4.78, 5) is 37.9. The molecule has 2 aliphatic heterocycles. The van der Waals surface area contributed by atoms with Gasteiger partial charge in [-0.25, -0.2) is 4.79 Å². The number of nitrogens with zero attached hydrogens (tertiary/aromatic N) is 2. The molecule has 0 atom stereocenters. The fourth-order valence-electron chi connectivity index (χ4n) is 3.22. The van der Waals surface area contributed by atoms with Gasteiger partial charge >= 0.3 is 6.03 Å². The molecule has 2 heterocycles. The topological polar surface area (TPSA) is 95.7 Å². The lowest BCUT2D eigenvalue weighted by Gasteiger charge is -2.41. The number of carbonyl (C=O) groups is 3. The Morgan fingerprint density at radius 1 is 1.19 bits per heavy atom. The highest BCUT2D eigenvalue weighted by Gasteiger charge is 2.38. The Hall–Kier alpha value is -1.79. The minimum atomic E-state index is -0.679. The van der Waals surface area contributed by atoms with Gasteiger partial charge in [0.15, 0.2) is 0 Å². The highest BCUT2D eigenvalue weighted by atomic mass is 16.2. The van der Waals surface area contributed by atoms with Crippen LogP contribution in [0.3, 0.4) is 0 Å². The van der Waals surface area contributed by atoms with Crippen LogP contribution in [0.2, 0.25) is 0 Å². The van der Waals surface area contributed by atoms with Crippen LogP contribution in [0.15, 0.2) is 0 Å². The second-order valence-corrected chi connectivity index (χ2v) is 6.16. The van der Waals surface area contributed by atoms with Crippen molar-refractivity contribution in [2.75, 3.05) is 33.2 Å². The number of primary amides is 1. The molecule has 0 bridgehead atoms. The van der Waals surface area contributed by atoms with Crippen molar-refractivity contribution in [3.05, 3.63) is 0 Å². The van der Waals surface area contributed by atoms with E-state index in [-0.39, 0.29) is 23.8 Å². The van der Waals surface area contributed by atoms with Crippen molar-refractivity contribution in [3.8, 4) is 0 Å². The summed E-state index contributed by atoms with van der Waals surface area (Å²) in [5.74, 6) is 0.126. The van der Waals surface area contributed by atoms with E-state index in [0.717, 1.165) is 32.2 Å². The summed E-state index contributed by atoms with van der Waals surface area (Å²) in [5.41, 5.74) is 5.16. The molecular formula is C14H24N4O3. The molecule has 118 valence electrons. The third-order valence-electron chi connectivity index (χ3n) is 4.86. The molecule has 21 heavy (non-hydrogen) atoms. The molecule has 2 rings (SSSR count). The van der Waals surface area contributed by atoms with Crippen molar-refractivity contribution >= 4 is 17.8 Å². The fourth-order valence-corrected chi connectivity index (χ4v) is 3.22. The fraction of sp³-hybridized carbons (Fsp3) is 0.786. The molecule has 0 saturated carbocycles. The molecule has 7 nitrogen and oxygen atoms in total. The number of nitrogens with one attached hydrogen (secondary N) is 1. The first kappa shape index (κ1) is 15.6. The van der Waals surface area contributed by atoms with E-state index in [4.69, 9.17) is 5.73 Å². The molecule has 0 radical (unpaired) electrons. The number of urea groups is 1. The van der Waals surface area contributed by atoms with E-state index in [9.17, 15) is 14.4 Å². The van der Waals surface area contributed by atoms with Crippen molar-refractivity contribution in [2.45, 2.75) is 32.1 Å². The summed E-state index contributed by atoms with van der Waals surface area (Å²) in [6.07, 6.45) is 4.38. The van der Waals surface area contributed by atoms with Gasteiger partial charge in [0.2, 0.25) is 11.8 Å². The van der Waals surface area contributed by atoms with Crippen LogP contribution in [-0.4, -0.2) is 60.9 Å². The third-order valence-corrected chi connectivity index (χ3v) is 4.86. The van der Waals surface area contributed by atoms with E-state index in [2.05, 4.69) is 5.32 Å². The summed E-state index contributed by atoms with van der Waals surface area (Å²) >= 11 is 0. The summed E-state index contributed by atoms with van der Waals surface area (Å²) < 4.78 is 0. The predicted octanol–water partition coefficient (Wildman–Crippen LogP) is -0.0942. The number of amides is 4. The molecule has 0 aliphatic carbocycles. The molecule has 4 amide bonds. The molecule has 3 N–H and O–H groups in total. The van der Waals surface area contributed by atoms with Crippen molar-refractivity contribution in [3.63, 3.8) is 0 Å². The quantitative estimate of drug-likeness (QED) is 0.745. The molecule has 2 aliphatic rings. The van der Waals surface area contributed by atoms with Gasteiger partial charge in [-0.1, -0.05) is 0 Å². The second kappa shape index (κ2) is 6.32. The maximum atomic E-state index is 11.9. The first-order valence-corrected chi connectivity index (χ1v) is 7.47. The summed E-state index contributed by atoms with van der Waals surface area (Å²) in [5, 5.41) is 2.33. The van der Waals surface area contributed by atoms with E-state index in [1.807, 2.05) is 11.9 Å². The highest BCUT2D eigenvalue weighted by molar-refractivity contribution is 5.83. The zero-order valence-corrected chi connectivity index (χ0v) is 12.6. The maximum Gasteiger partial charge on any atom is 0.312 e. The van der Waals surface area contributed by atoms with Gasteiger partial charge < -0.3 is 20.9 Å². The Bertz CT molecular complexity index is 430. The SMILES string of the molecule is CN1CCC2(CCC1=O)CCN(C(=O)CNC(N)=O)CC2. The zero-order chi connectivity index (χ0) is 15.5. The Kier molecular flexibility index (Phi) is 4.69. The molecule has 1 spiro atoms. The lowest BCUT2D eigenvalue weighted by Crippen LogP contribution is -2.47. The normalized spacial score (nSPS) is 22.0. The summed E-state index contributed by atoms with van der Waals surface area (Å²) in [6.45, 7) is 2.15. The minimum Gasteiger partial charge on any atom is -0.352 e. The monoisotopic (exact) mass is 296 g/mol. The number of carbonyl (C=O) groups excluding carboxylic acids is 3. The molecule has 2 fully saturated rings. The average molecular weight is 296 g/mol. The van der Waals surface area contributed by atoms with E-state index < -0.39 is 6.03 Å². The second-order valence-electron chi connectivity index (χ2n) is 6.16. The van der Waals surface area contributed by atoms with E-state index >= 15 is 0 Å². The molecule has 0 aromatic carbocycles. The zero-order valence-electron chi connectivity index (χ0n) is 12.6. The van der Waals surface area contributed by atoms with Crippen molar-refractivity contribution in [1.82, 2.24) is 15.1 Å². The van der Waals surface area contributed by atoms with Crippen LogP contribution in [0.4, 0.5) is 4.79 Å². The summed E-state index contributed by atoms with van der Waals surface area (Å²) in [6, 6.07) is -0.679. The van der Waals surface area contributed by atoms with Crippen LogP contribution >= 0.6 is 0 Å². The third kappa shape index (κ3) is 3.86. The highest BCUT2D eigenvalue weighted by Crippen LogP contribution is 2.41. The van der Waals surface area contributed by atoms with Crippen molar-refractivity contribution < 1.29 is 14.4 Å². The van der Waals surface area contributed by atoms with Crippen LogP contribution in [0.5, 0.6) is 0 Å².